The van der Waals surface area contributed by atoms with Gasteiger partial charge < -0.3 is 9.64 Å². The molecule has 1 N–H and O–H groups in total. The maximum Gasteiger partial charge on any atom is 0.336 e. The number of hydrogen-bond donors (Lipinski definition) is 1. The Morgan fingerprint density at radius 2 is 2.00 bits per heavy atom. The van der Waals surface area contributed by atoms with Crippen molar-refractivity contribution >= 4 is 35.4 Å². The first kappa shape index (κ1) is 18.7. The van der Waals surface area contributed by atoms with Crippen LogP contribution in [0.4, 0.5) is 10.5 Å². The highest BCUT2D eigenvalue weighted by molar-refractivity contribution is 8.00. The minimum Gasteiger partial charge on any atom is -0.468 e. The van der Waals surface area contributed by atoms with Gasteiger partial charge in [-0.15, -0.1) is 11.8 Å². The van der Waals surface area contributed by atoms with E-state index >= 15 is 0 Å². The van der Waals surface area contributed by atoms with Gasteiger partial charge in [-0.1, -0.05) is 17.7 Å². The molecule has 2 heterocycles. The summed E-state index contributed by atoms with van der Waals surface area (Å²) in [5.74, 6) is 0.347. The zero-order chi connectivity index (χ0) is 18.8. The van der Waals surface area contributed by atoms with E-state index in [1.165, 1.54) is 16.9 Å². The number of esters is 1. The summed E-state index contributed by atoms with van der Waals surface area (Å²) in [6.45, 7) is 5.35. The monoisotopic (exact) mass is 378 g/mol. The zero-order valence-corrected chi connectivity index (χ0v) is 16.0. The lowest BCUT2D eigenvalue weighted by Crippen LogP contribution is -3.16. The molecule has 0 aliphatic carbocycles. The van der Waals surface area contributed by atoms with Gasteiger partial charge in [-0.25, -0.2) is 9.69 Å². The number of imide groups is 1. The molecular weight excluding hydrogens is 354 g/mol. The summed E-state index contributed by atoms with van der Waals surface area (Å²) in [5, 5.41) is -0.248. The maximum atomic E-state index is 12.9. The molecule has 0 spiro atoms. The van der Waals surface area contributed by atoms with Gasteiger partial charge in [0.1, 0.15) is 12.6 Å². The standard InChI is InChI=1S/C18H23N3O4S/c1-12-4-6-14(7-5-12)21-13(2)16(22)20(18(21)24)11-19-8-9-26-15(10-19)17(23)25-3/h4-7,13,15H,8-11H2,1-3H3/p+1/t13-,15+/m1/s1. The average molecular weight is 378 g/mol. The van der Waals surface area contributed by atoms with Gasteiger partial charge in [0.05, 0.1) is 13.7 Å². The second kappa shape index (κ2) is 7.67. The molecule has 1 aromatic rings. The molecule has 0 saturated carbocycles. The predicted octanol–water partition coefficient (Wildman–Crippen LogP) is 0.283. The maximum absolute atomic E-state index is 12.9. The molecule has 0 radical (unpaired) electrons. The van der Waals surface area contributed by atoms with Crippen molar-refractivity contribution in [3.8, 4) is 0 Å². The first-order chi connectivity index (χ1) is 12.4. The fraction of sp³-hybridized carbons (Fsp3) is 0.500. The summed E-state index contributed by atoms with van der Waals surface area (Å²) in [6, 6.07) is 6.75. The molecule has 7 nitrogen and oxygen atoms in total. The Balaban J connectivity index is 1.72. The number of quaternary nitrogens is 1. The number of nitrogens with one attached hydrogen (secondary N) is 1. The summed E-state index contributed by atoms with van der Waals surface area (Å²) in [7, 11) is 1.38. The van der Waals surface area contributed by atoms with Crippen LogP contribution >= 0.6 is 11.8 Å². The number of amides is 3. The van der Waals surface area contributed by atoms with Crippen LogP contribution in [0.1, 0.15) is 12.5 Å². The number of hydrogen-bond acceptors (Lipinski definition) is 5. The third-order valence-corrected chi connectivity index (χ3v) is 6.06. The molecule has 0 bridgehead atoms. The predicted molar refractivity (Wildman–Crippen MR) is 99.2 cm³/mol. The van der Waals surface area contributed by atoms with E-state index in [9.17, 15) is 14.4 Å². The molecular formula is C18H24N3O4S+. The average Bonchev–Trinajstić information content (AvgIpc) is 2.86. The lowest BCUT2D eigenvalue weighted by Gasteiger charge is -2.30. The van der Waals surface area contributed by atoms with Crippen molar-refractivity contribution in [3.63, 3.8) is 0 Å². The van der Waals surface area contributed by atoms with Crippen LogP contribution in [0, 0.1) is 6.92 Å². The molecule has 2 fully saturated rings. The molecule has 2 saturated heterocycles. The Morgan fingerprint density at radius 3 is 2.65 bits per heavy atom. The van der Waals surface area contributed by atoms with E-state index < -0.39 is 6.04 Å². The van der Waals surface area contributed by atoms with Crippen molar-refractivity contribution in [2.75, 3.05) is 37.5 Å². The minimum absolute atomic E-state index is 0.198. The Kier molecular flexibility index (Phi) is 5.52. The second-order valence-electron chi connectivity index (χ2n) is 6.68. The number of thioether (sulfide) groups is 1. The van der Waals surface area contributed by atoms with Gasteiger partial charge in [0.25, 0.3) is 5.91 Å². The van der Waals surface area contributed by atoms with Crippen molar-refractivity contribution in [1.29, 1.82) is 0 Å². The topological polar surface area (TPSA) is 71.4 Å². The Labute approximate surface area is 157 Å². The number of rotatable bonds is 4. The van der Waals surface area contributed by atoms with Crippen LogP contribution in [0.3, 0.4) is 0 Å². The molecule has 3 rings (SSSR count). The van der Waals surface area contributed by atoms with Crippen molar-refractivity contribution in [2.24, 2.45) is 0 Å². The van der Waals surface area contributed by atoms with Gasteiger partial charge in [-0.2, -0.15) is 0 Å². The van der Waals surface area contributed by atoms with E-state index in [1.54, 1.807) is 18.7 Å². The van der Waals surface area contributed by atoms with E-state index in [-0.39, 0.29) is 29.8 Å². The number of carbonyl (C=O) groups is 3. The first-order valence-corrected chi connectivity index (χ1v) is 9.71. The van der Waals surface area contributed by atoms with Crippen LogP contribution in [0.15, 0.2) is 24.3 Å². The van der Waals surface area contributed by atoms with Crippen LogP contribution in [0.25, 0.3) is 0 Å². The van der Waals surface area contributed by atoms with Crippen LogP contribution in [-0.2, 0) is 14.3 Å². The summed E-state index contributed by atoms with van der Waals surface area (Å²) in [6.07, 6.45) is 0. The number of carbonyl (C=O) groups excluding carboxylic acids is 3. The molecule has 1 aromatic carbocycles. The van der Waals surface area contributed by atoms with Crippen molar-refractivity contribution in [1.82, 2.24) is 4.90 Å². The molecule has 3 atom stereocenters. The normalized spacial score (nSPS) is 26.3. The lowest BCUT2D eigenvalue weighted by atomic mass is 10.2. The van der Waals surface area contributed by atoms with E-state index in [4.69, 9.17) is 4.74 Å². The van der Waals surface area contributed by atoms with Gasteiger partial charge in [0.2, 0.25) is 0 Å². The summed E-state index contributed by atoms with van der Waals surface area (Å²) >= 11 is 1.56. The third kappa shape index (κ3) is 3.57. The van der Waals surface area contributed by atoms with Crippen LogP contribution < -0.4 is 9.80 Å². The van der Waals surface area contributed by atoms with E-state index in [0.717, 1.165) is 28.4 Å². The second-order valence-corrected chi connectivity index (χ2v) is 7.99. The molecule has 8 heteroatoms. The van der Waals surface area contributed by atoms with Gasteiger partial charge >= 0.3 is 12.0 Å². The summed E-state index contributed by atoms with van der Waals surface area (Å²) < 4.78 is 4.82. The van der Waals surface area contributed by atoms with E-state index in [1.807, 2.05) is 31.2 Å². The molecule has 2 aliphatic heterocycles. The number of benzene rings is 1. The highest BCUT2D eigenvalue weighted by Crippen LogP contribution is 2.25. The molecule has 26 heavy (non-hydrogen) atoms. The minimum atomic E-state index is -0.528. The fourth-order valence-electron chi connectivity index (χ4n) is 3.33. The quantitative estimate of drug-likeness (QED) is 0.602. The van der Waals surface area contributed by atoms with E-state index in [0.29, 0.717) is 6.54 Å². The highest BCUT2D eigenvalue weighted by atomic mass is 32.2. The number of methoxy groups -OCH3 is 1. The molecule has 2 aliphatic rings. The van der Waals surface area contributed by atoms with Crippen LogP contribution in [0.2, 0.25) is 0 Å². The molecule has 1 unspecified atom stereocenters. The molecule has 3 amide bonds. The van der Waals surface area contributed by atoms with Crippen LogP contribution in [0.5, 0.6) is 0 Å². The zero-order valence-electron chi connectivity index (χ0n) is 15.2. The van der Waals surface area contributed by atoms with Crippen LogP contribution in [-0.4, -0.2) is 66.7 Å². The van der Waals surface area contributed by atoms with Gasteiger partial charge in [-0.3, -0.25) is 14.5 Å². The number of aryl methyl sites for hydroxylation is 1. The number of urea groups is 1. The third-order valence-electron chi connectivity index (χ3n) is 4.85. The number of anilines is 1. The smallest absolute Gasteiger partial charge is 0.336 e. The Hall–Kier alpha value is -2.06. The Bertz CT molecular complexity index is 709. The number of ether oxygens (including phenoxy) is 1. The first-order valence-electron chi connectivity index (χ1n) is 8.66. The van der Waals surface area contributed by atoms with Crippen molar-refractivity contribution in [2.45, 2.75) is 25.1 Å². The van der Waals surface area contributed by atoms with Gasteiger partial charge in [0.15, 0.2) is 11.9 Å². The lowest BCUT2D eigenvalue weighted by molar-refractivity contribution is -0.905. The summed E-state index contributed by atoms with van der Waals surface area (Å²) in [4.78, 5) is 41.2. The van der Waals surface area contributed by atoms with Gasteiger partial charge in [0, 0.05) is 11.4 Å². The molecule has 0 aromatic heterocycles. The number of nitrogens with zero attached hydrogens (tertiary/aromatic N) is 2. The highest BCUT2D eigenvalue weighted by Gasteiger charge is 2.45. The van der Waals surface area contributed by atoms with Crippen molar-refractivity contribution < 1.29 is 24.0 Å². The molecule has 140 valence electrons. The summed E-state index contributed by atoms with van der Waals surface area (Å²) in [5.41, 5.74) is 1.82. The fourth-order valence-corrected chi connectivity index (χ4v) is 4.61. The van der Waals surface area contributed by atoms with Crippen molar-refractivity contribution in [3.05, 3.63) is 29.8 Å². The van der Waals surface area contributed by atoms with Gasteiger partial charge in [-0.05, 0) is 26.0 Å². The van der Waals surface area contributed by atoms with E-state index in [2.05, 4.69) is 0 Å². The Morgan fingerprint density at radius 1 is 1.31 bits per heavy atom. The SMILES string of the molecule is COC(=O)[C@@H]1C[NH+](CN2C(=O)[C@@H](C)N(c3ccc(C)cc3)C2=O)CCS1. The largest absolute Gasteiger partial charge is 0.468 e.